The maximum Gasteiger partial charge on any atom is 0.134 e. The Labute approximate surface area is 98.4 Å². The van der Waals surface area contributed by atoms with E-state index in [1.807, 2.05) is 13.8 Å². The molecule has 0 amide bonds. The minimum atomic E-state index is -0.580. The first-order valence-corrected chi connectivity index (χ1v) is 5.34. The van der Waals surface area contributed by atoms with Crippen molar-refractivity contribution in [1.82, 2.24) is 9.97 Å². The number of halogens is 2. The molecule has 1 aromatic heterocycles. The van der Waals surface area contributed by atoms with Crippen LogP contribution in [0.1, 0.15) is 25.3 Å². The molecule has 4 heteroatoms. The Morgan fingerprint density at radius 2 is 1.53 bits per heavy atom. The zero-order chi connectivity index (χ0) is 12.4. The summed E-state index contributed by atoms with van der Waals surface area (Å²) in [7, 11) is 0. The summed E-state index contributed by atoms with van der Waals surface area (Å²) >= 11 is 0. The normalized spacial score (nSPS) is 10.9. The molecule has 0 aliphatic rings. The highest BCUT2D eigenvalue weighted by atomic mass is 19.1. The third kappa shape index (κ3) is 2.30. The molecule has 88 valence electrons. The van der Waals surface area contributed by atoms with Gasteiger partial charge in [-0.3, -0.25) is 0 Å². The largest absolute Gasteiger partial charge is 0.244 e. The quantitative estimate of drug-likeness (QED) is 0.794. The van der Waals surface area contributed by atoms with Gasteiger partial charge in [0, 0.05) is 18.0 Å². The minimum absolute atomic E-state index is 0.0741. The number of hydrogen-bond donors (Lipinski definition) is 0. The predicted molar refractivity (Wildman–Crippen MR) is 61.5 cm³/mol. The average molecular weight is 234 g/mol. The van der Waals surface area contributed by atoms with Gasteiger partial charge < -0.3 is 0 Å². The van der Waals surface area contributed by atoms with Crippen molar-refractivity contribution in [3.63, 3.8) is 0 Å². The van der Waals surface area contributed by atoms with Crippen molar-refractivity contribution in [2.75, 3.05) is 0 Å². The fourth-order valence-electron chi connectivity index (χ4n) is 1.63. The summed E-state index contributed by atoms with van der Waals surface area (Å²) < 4.78 is 27.7. The van der Waals surface area contributed by atoms with E-state index in [4.69, 9.17) is 0 Å². The molecule has 2 rings (SSSR count). The second kappa shape index (κ2) is 4.57. The van der Waals surface area contributed by atoms with E-state index in [0.29, 0.717) is 11.1 Å². The van der Waals surface area contributed by atoms with Gasteiger partial charge in [0.25, 0.3) is 0 Å². The smallest absolute Gasteiger partial charge is 0.134 e. The van der Waals surface area contributed by atoms with Crippen molar-refractivity contribution < 1.29 is 8.78 Å². The Bertz CT molecular complexity index is 501. The molecule has 0 atom stereocenters. The average Bonchev–Trinajstić information content (AvgIpc) is 2.29. The van der Waals surface area contributed by atoms with Gasteiger partial charge in [0.1, 0.15) is 18.0 Å². The van der Waals surface area contributed by atoms with E-state index in [1.165, 1.54) is 30.9 Å². The van der Waals surface area contributed by atoms with Crippen LogP contribution in [0.25, 0.3) is 11.1 Å². The topological polar surface area (TPSA) is 25.8 Å². The van der Waals surface area contributed by atoms with Crippen molar-refractivity contribution in [2.45, 2.75) is 19.8 Å². The van der Waals surface area contributed by atoms with E-state index in [1.54, 1.807) is 0 Å². The molecular formula is C13H12F2N2. The van der Waals surface area contributed by atoms with E-state index in [0.717, 1.165) is 0 Å². The molecule has 17 heavy (non-hydrogen) atoms. The van der Waals surface area contributed by atoms with Crippen LogP contribution in [0.5, 0.6) is 0 Å². The van der Waals surface area contributed by atoms with E-state index in [-0.39, 0.29) is 11.5 Å². The van der Waals surface area contributed by atoms with E-state index >= 15 is 0 Å². The van der Waals surface area contributed by atoms with Gasteiger partial charge in [0.05, 0.1) is 5.56 Å². The fourth-order valence-corrected chi connectivity index (χ4v) is 1.63. The molecule has 0 bridgehead atoms. The predicted octanol–water partition coefficient (Wildman–Crippen LogP) is 3.55. The standard InChI is InChI=1S/C13H12F2N2/c1-8(2)9-3-11(14)13(12(15)4-9)10-5-16-7-17-6-10/h3-8H,1-2H3. The maximum atomic E-state index is 13.9. The number of rotatable bonds is 2. The first kappa shape index (κ1) is 11.6. The molecule has 0 aliphatic carbocycles. The molecule has 2 nitrogen and oxygen atoms in total. The van der Waals surface area contributed by atoms with E-state index < -0.39 is 11.6 Å². The van der Waals surface area contributed by atoms with Crippen LogP contribution < -0.4 is 0 Å². The lowest BCUT2D eigenvalue weighted by molar-refractivity contribution is 0.583. The van der Waals surface area contributed by atoms with Gasteiger partial charge >= 0.3 is 0 Å². The molecule has 0 aliphatic heterocycles. The third-order valence-electron chi connectivity index (χ3n) is 2.58. The number of benzene rings is 1. The highest BCUT2D eigenvalue weighted by Crippen LogP contribution is 2.28. The zero-order valence-corrected chi connectivity index (χ0v) is 9.61. The van der Waals surface area contributed by atoms with E-state index in [2.05, 4.69) is 9.97 Å². The van der Waals surface area contributed by atoms with Gasteiger partial charge in [-0.15, -0.1) is 0 Å². The summed E-state index contributed by atoms with van der Waals surface area (Å²) in [6.45, 7) is 3.78. The first-order valence-electron chi connectivity index (χ1n) is 5.34. The van der Waals surface area contributed by atoms with Crippen molar-refractivity contribution >= 4 is 0 Å². The molecule has 0 fully saturated rings. The van der Waals surface area contributed by atoms with Crippen LogP contribution in [0.2, 0.25) is 0 Å². The van der Waals surface area contributed by atoms with Gasteiger partial charge in [-0.1, -0.05) is 13.8 Å². The van der Waals surface area contributed by atoms with Gasteiger partial charge in [0.15, 0.2) is 0 Å². The van der Waals surface area contributed by atoms with Crippen molar-refractivity contribution in [1.29, 1.82) is 0 Å². The molecule has 1 aromatic carbocycles. The third-order valence-corrected chi connectivity index (χ3v) is 2.58. The summed E-state index contributed by atoms with van der Waals surface area (Å²) in [4.78, 5) is 7.51. The van der Waals surface area contributed by atoms with Crippen LogP contribution in [0.15, 0.2) is 30.9 Å². The van der Waals surface area contributed by atoms with Crippen molar-refractivity contribution in [3.8, 4) is 11.1 Å². The van der Waals surface area contributed by atoms with Gasteiger partial charge in [0.2, 0.25) is 0 Å². The van der Waals surface area contributed by atoms with Crippen molar-refractivity contribution in [2.24, 2.45) is 0 Å². The van der Waals surface area contributed by atoms with Crippen LogP contribution >= 0.6 is 0 Å². The lowest BCUT2D eigenvalue weighted by Gasteiger charge is -2.10. The summed E-state index contributed by atoms with van der Waals surface area (Å²) in [5.41, 5.74) is 0.911. The number of aromatic nitrogens is 2. The SMILES string of the molecule is CC(C)c1cc(F)c(-c2cncnc2)c(F)c1. The number of nitrogens with zero attached hydrogens (tertiary/aromatic N) is 2. The fraction of sp³-hybridized carbons (Fsp3) is 0.231. The molecule has 0 radical (unpaired) electrons. The molecule has 0 saturated heterocycles. The summed E-state index contributed by atoms with van der Waals surface area (Å²) in [5, 5.41) is 0. The highest BCUT2D eigenvalue weighted by molar-refractivity contribution is 5.63. The molecule has 0 saturated carbocycles. The highest BCUT2D eigenvalue weighted by Gasteiger charge is 2.14. The van der Waals surface area contributed by atoms with Gasteiger partial charge in [-0.05, 0) is 23.6 Å². The molecule has 0 N–H and O–H groups in total. The molecular weight excluding hydrogens is 222 g/mol. The Morgan fingerprint density at radius 1 is 1.00 bits per heavy atom. The van der Waals surface area contributed by atoms with Crippen LogP contribution in [-0.2, 0) is 0 Å². The van der Waals surface area contributed by atoms with Crippen LogP contribution in [0, 0.1) is 11.6 Å². The van der Waals surface area contributed by atoms with E-state index in [9.17, 15) is 8.78 Å². The molecule has 0 spiro atoms. The summed E-state index contributed by atoms with van der Waals surface area (Å²) in [6, 6.07) is 2.71. The first-order chi connectivity index (χ1) is 8.09. The number of hydrogen-bond acceptors (Lipinski definition) is 2. The van der Waals surface area contributed by atoms with Crippen molar-refractivity contribution in [3.05, 3.63) is 48.1 Å². The van der Waals surface area contributed by atoms with Crippen LogP contribution in [0.3, 0.4) is 0 Å². The van der Waals surface area contributed by atoms with Gasteiger partial charge in [-0.2, -0.15) is 0 Å². The summed E-state index contributed by atoms with van der Waals surface area (Å²) in [5.74, 6) is -1.08. The van der Waals surface area contributed by atoms with Gasteiger partial charge in [-0.25, -0.2) is 18.7 Å². The Kier molecular flexibility index (Phi) is 3.13. The molecule has 2 aromatic rings. The minimum Gasteiger partial charge on any atom is -0.244 e. The Hall–Kier alpha value is -1.84. The second-order valence-electron chi connectivity index (χ2n) is 4.14. The maximum absolute atomic E-state index is 13.9. The van der Waals surface area contributed by atoms with Crippen LogP contribution in [-0.4, -0.2) is 9.97 Å². The molecule has 0 unspecified atom stereocenters. The summed E-state index contributed by atoms with van der Waals surface area (Å²) in [6.07, 6.45) is 4.11. The Morgan fingerprint density at radius 3 is 2.00 bits per heavy atom. The Balaban J connectivity index is 2.57. The zero-order valence-electron chi connectivity index (χ0n) is 9.61. The monoisotopic (exact) mass is 234 g/mol. The second-order valence-corrected chi connectivity index (χ2v) is 4.14. The van der Waals surface area contributed by atoms with Crippen LogP contribution in [0.4, 0.5) is 8.78 Å². The molecule has 1 heterocycles. The lowest BCUT2D eigenvalue weighted by atomic mass is 9.98. The lowest BCUT2D eigenvalue weighted by Crippen LogP contribution is -1.96.